The number of fused-ring (bicyclic) bond motifs is 1. The van der Waals surface area contributed by atoms with Gasteiger partial charge in [0.1, 0.15) is 5.58 Å². The van der Waals surface area contributed by atoms with Crippen LogP contribution in [0.2, 0.25) is 10.0 Å². The SMILES string of the molecule is CC(=O)NCc1cccc(-c2ccc3c(N)c(C(=O)c4ccc(Cl)cc4Cl)oc3c2)c1. The van der Waals surface area contributed by atoms with E-state index in [1.165, 1.54) is 13.0 Å². The van der Waals surface area contributed by atoms with Crippen LogP contribution in [0.1, 0.15) is 28.6 Å². The summed E-state index contributed by atoms with van der Waals surface area (Å²) in [7, 11) is 0. The highest BCUT2D eigenvalue weighted by atomic mass is 35.5. The van der Waals surface area contributed by atoms with Crippen LogP contribution in [0.3, 0.4) is 0 Å². The molecule has 0 radical (unpaired) electrons. The predicted octanol–water partition coefficient (Wildman–Crippen LogP) is 5.86. The summed E-state index contributed by atoms with van der Waals surface area (Å²) in [6.45, 7) is 1.93. The second-order valence-corrected chi connectivity index (χ2v) is 7.96. The number of carbonyl (C=O) groups excluding carboxylic acids is 2. The van der Waals surface area contributed by atoms with Gasteiger partial charge in [0, 0.05) is 29.4 Å². The molecule has 0 fully saturated rings. The number of amides is 1. The quantitative estimate of drug-likeness (QED) is 0.371. The Balaban J connectivity index is 1.70. The van der Waals surface area contributed by atoms with Gasteiger partial charge in [-0.2, -0.15) is 0 Å². The molecule has 3 aromatic carbocycles. The van der Waals surface area contributed by atoms with Gasteiger partial charge in [-0.15, -0.1) is 0 Å². The molecule has 0 bridgehead atoms. The predicted molar refractivity (Wildman–Crippen MR) is 123 cm³/mol. The molecular formula is C24H18Cl2N2O3. The number of anilines is 1. The third-order valence-corrected chi connectivity index (χ3v) is 5.46. The summed E-state index contributed by atoms with van der Waals surface area (Å²) < 4.78 is 5.85. The van der Waals surface area contributed by atoms with Crippen LogP contribution in [0.25, 0.3) is 22.1 Å². The first-order chi connectivity index (χ1) is 14.8. The molecule has 4 aromatic rings. The molecule has 0 unspecified atom stereocenters. The highest BCUT2D eigenvalue weighted by Gasteiger charge is 2.22. The van der Waals surface area contributed by atoms with E-state index in [1.54, 1.807) is 12.1 Å². The lowest BCUT2D eigenvalue weighted by atomic mass is 10.0. The number of nitrogen functional groups attached to an aromatic ring is 1. The van der Waals surface area contributed by atoms with Crippen molar-refractivity contribution in [3.8, 4) is 11.1 Å². The maximum absolute atomic E-state index is 13.0. The third-order valence-electron chi connectivity index (χ3n) is 4.91. The average molecular weight is 453 g/mol. The number of halogens is 2. The van der Waals surface area contributed by atoms with Crippen molar-refractivity contribution in [2.24, 2.45) is 0 Å². The first-order valence-electron chi connectivity index (χ1n) is 9.49. The Kier molecular flexibility index (Phi) is 5.72. The number of benzene rings is 3. The standard InChI is InChI=1S/C24H18Cl2N2O3/c1-13(29)28-12-14-3-2-4-15(9-14)16-5-7-19-21(10-16)31-24(22(19)27)23(30)18-8-6-17(25)11-20(18)26/h2-11H,12,27H2,1H3,(H,28,29). The van der Waals surface area contributed by atoms with Gasteiger partial charge in [0.2, 0.25) is 11.7 Å². The Morgan fingerprint density at radius 2 is 1.77 bits per heavy atom. The highest BCUT2D eigenvalue weighted by Crippen LogP contribution is 2.34. The van der Waals surface area contributed by atoms with Crippen LogP contribution in [-0.2, 0) is 11.3 Å². The summed E-state index contributed by atoms with van der Waals surface area (Å²) in [6.07, 6.45) is 0. The van der Waals surface area contributed by atoms with Crippen LogP contribution >= 0.6 is 23.2 Å². The fourth-order valence-electron chi connectivity index (χ4n) is 3.35. The van der Waals surface area contributed by atoms with E-state index in [-0.39, 0.29) is 27.9 Å². The van der Waals surface area contributed by atoms with Crippen molar-refractivity contribution >= 4 is 51.5 Å². The lowest BCUT2D eigenvalue weighted by molar-refractivity contribution is -0.119. The third kappa shape index (κ3) is 4.29. The molecule has 7 heteroatoms. The van der Waals surface area contributed by atoms with Crippen molar-refractivity contribution in [2.75, 3.05) is 5.73 Å². The minimum absolute atomic E-state index is 0.0378. The van der Waals surface area contributed by atoms with E-state index in [1.807, 2.05) is 42.5 Å². The van der Waals surface area contributed by atoms with Crippen LogP contribution in [0.15, 0.2) is 65.1 Å². The Hall–Kier alpha value is -3.28. The van der Waals surface area contributed by atoms with Crippen molar-refractivity contribution < 1.29 is 14.0 Å². The van der Waals surface area contributed by atoms with Gasteiger partial charge in [-0.25, -0.2) is 0 Å². The van der Waals surface area contributed by atoms with Gasteiger partial charge in [0.05, 0.1) is 10.7 Å². The van der Waals surface area contributed by atoms with Gasteiger partial charge >= 0.3 is 0 Å². The summed E-state index contributed by atoms with van der Waals surface area (Å²) in [6, 6.07) is 18.0. The fourth-order valence-corrected chi connectivity index (χ4v) is 3.84. The van der Waals surface area contributed by atoms with Crippen molar-refractivity contribution in [2.45, 2.75) is 13.5 Å². The number of hydrogen-bond donors (Lipinski definition) is 2. The van der Waals surface area contributed by atoms with Crippen molar-refractivity contribution in [3.63, 3.8) is 0 Å². The lowest BCUT2D eigenvalue weighted by Crippen LogP contribution is -2.18. The largest absolute Gasteiger partial charge is 0.450 e. The molecule has 0 spiro atoms. The van der Waals surface area contributed by atoms with E-state index < -0.39 is 5.78 Å². The average Bonchev–Trinajstić information content (AvgIpc) is 3.08. The second kappa shape index (κ2) is 8.46. The number of furan rings is 1. The van der Waals surface area contributed by atoms with E-state index in [0.717, 1.165) is 16.7 Å². The van der Waals surface area contributed by atoms with E-state index in [4.69, 9.17) is 33.4 Å². The van der Waals surface area contributed by atoms with Crippen LogP contribution < -0.4 is 11.1 Å². The van der Waals surface area contributed by atoms with Crippen LogP contribution in [-0.4, -0.2) is 11.7 Å². The molecule has 0 saturated carbocycles. The summed E-state index contributed by atoms with van der Waals surface area (Å²) >= 11 is 12.1. The number of ketones is 1. The van der Waals surface area contributed by atoms with Crippen LogP contribution in [0, 0.1) is 0 Å². The molecule has 0 aliphatic rings. The molecule has 31 heavy (non-hydrogen) atoms. The maximum atomic E-state index is 13.0. The number of carbonyl (C=O) groups is 2. The smallest absolute Gasteiger partial charge is 0.231 e. The number of hydrogen-bond acceptors (Lipinski definition) is 4. The molecule has 5 nitrogen and oxygen atoms in total. The number of nitrogens with two attached hydrogens (primary N) is 1. The first-order valence-corrected chi connectivity index (χ1v) is 10.2. The van der Waals surface area contributed by atoms with Gasteiger partial charge in [0.25, 0.3) is 0 Å². The Bertz CT molecular complexity index is 1330. The molecule has 3 N–H and O–H groups in total. The summed E-state index contributed by atoms with van der Waals surface area (Å²) in [5, 5.41) is 4.10. The van der Waals surface area contributed by atoms with Crippen molar-refractivity contribution in [3.05, 3.63) is 87.6 Å². The van der Waals surface area contributed by atoms with E-state index in [9.17, 15) is 9.59 Å². The van der Waals surface area contributed by atoms with Crippen molar-refractivity contribution in [1.82, 2.24) is 5.32 Å². The van der Waals surface area contributed by atoms with E-state index >= 15 is 0 Å². The van der Waals surface area contributed by atoms with Gasteiger partial charge in [-0.3, -0.25) is 9.59 Å². The zero-order chi connectivity index (χ0) is 22.1. The topological polar surface area (TPSA) is 85.3 Å². The first kappa shape index (κ1) is 21.0. The Morgan fingerprint density at radius 3 is 2.52 bits per heavy atom. The minimum Gasteiger partial charge on any atom is -0.450 e. The highest BCUT2D eigenvalue weighted by molar-refractivity contribution is 6.37. The Morgan fingerprint density at radius 1 is 1.00 bits per heavy atom. The Labute approximate surface area is 188 Å². The van der Waals surface area contributed by atoms with E-state index in [0.29, 0.717) is 22.5 Å². The van der Waals surface area contributed by atoms with Crippen LogP contribution in [0.5, 0.6) is 0 Å². The molecule has 0 saturated heterocycles. The molecular weight excluding hydrogens is 435 g/mol. The molecule has 1 heterocycles. The zero-order valence-corrected chi connectivity index (χ0v) is 18.1. The minimum atomic E-state index is -0.408. The molecule has 1 amide bonds. The maximum Gasteiger partial charge on any atom is 0.231 e. The summed E-state index contributed by atoms with van der Waals surface area (Å²) in [5.41, 5.74) is 10.1. The normalized spacial score (nSPS) is 10.9. The van der Waals surface area contributed by atoms with Gasteiger partial charge < -0.3 is 15.5 Å². The summed E-state index contributed by atoms with van der Waals surface area (Å²) in [5.74, 6) is -0.458. The summed E-state index contributed by atoms with van der Waals surface area (Å²) in [4.78, 5) is 24.1. The monoisotopic (exact) mass is 452 g/mol. The number of nitrogens with one attached hydrogen (secondary N) is 1. The zero-order valence-electron chi connectivity index (χ0n) is 16.5. The molecule has 4 rings (SSSR count). The fraction of sp³-hybridized carbons (Fsp3) is 0.0833. The van der Waals surface area contributed by atoms with Gasteiger partial charge in [-0.05, 0) is 53.1 Å². The van der Waals surface area contributed by atoms with Crippen molar-refractivity contribution in [1.29, 1.82) is 0 Å². The van der Waals surface area contributed by atoms with Gasteiger partial charge in [-0.1, -0.05) is 47.5 Å². The molecule has 156 valence electrons. The molecule has 1 aromatic heterocycles. The lowest BCUT2D eigenvalue weighted by Gasteiger charge is -2.06. The van der Waals surface area contributed by atoms with Gasteiger partial charge in [0.15, 0.2) is 5.76 Å². The van der Waals surface area contributed by atoms with E-state index in [2.05, 4.69) is 5.32 Å². The molecule has 0 aliphatic heterocycles. The number of rotatable bonds is 5. The molecule has 0 atom stereocenters. The molecule has 0 aliphatic carbocycles. The second-order valence-electron chi connectivity index (χ2n) is 7.12. The van der Waals surface area contributed by atoms with Crippen LogP contribution in [0.4, 0.5) is 5.69 Å².